The molecule has 0 aliphatic carbocycles. The summed E-state index contributed by atoms with van der Waals surface area (Å²) in [5, 5.41) is -0.251. The topological polar surface area (TPSA) is 86.2 Å². The monoisotopic (exact) mass is 194 g/mol. The van der Waals surface area contributed by atoms with Gasteiger partial charge in [0.2, 0.25) is 11.0 Å². The van der Waals surface area contributed by atoms with Crippen molar-refractivity contribution in [2.24, 2.45) is 11.5 Å². The van der Waals surface area contributed by atoms with Crippen LogP contribution in [-0.4, -0.2) is 28.6 Å². The molecule has 64 valence electrons. The van der Waals surface area contributed by atoms with Crippen LogP contribution in [0.1, 0.15) is 0 Å². The van der Waals surface area contributed by atoms with Gasteiger partial charge in [0.05, 0.1) is 11.8 Å². The maximum absolute atomic E-state index is 10.9. The molecule has 0 aromatic carbocycles. The number of nitrogens with two attached hydrogens (primary N) is 2. The van der Waals surface area contributed by atoms with E-state index in [0.717, 1.165) is 11.8 Å². The third kappa shape index (κ3) is 5.11. The largest absolute Gasteiger partial charge is 0.369 e. The Balaban J connectivity index is 3.60. The van der Waals surface area contributed by atoms with E-state index >= 15 is 0 Å². The Kier molecular flexibility index (Phi) is 5.35. The average Bonchev–Trinajstić information content (AvgIpc) is 1.98. The van der Waals surface area contributed by atoms with Crippen LogP contribution in [0.5, 0.6) is 0 Å². The van der Waals surface area contributed by atoms with Crippen molar-refractivity contribution in [2.45, 2.75) is 6.04 Å². The van der Waals surface area contributed by atoms with Crippen LogP contribution in [-0.2, 0) is 9.59 Å². The summed E-state index contributed by atoms with van der Waals surface area (Å²) < 4.78 is 0. The lowest BCUT2D eigenvalue weighted by Gasteiger charge is -2.03. The molecule has 0 fully saturated rings. The summed E-state index contributed by atoms with van der Waals surface area (Å²) in [5.74, 6) is -0.250. The zero-order chi connectivity index (χ0) is 8.85. The molecule has 0 heterocycles. The van der Waals surface area contributed by atoms with Gasteiger partial charge in [-0.1, -0.05) is 11.8 Å². The second-order valence-corrected chi connectivity index (χ2v) is 3.21. The zero-order valence-corrected chi connectivity index (χ0v) is 7.53. The molecule has 0 aliphatic rings. The second kappa shape index (κ2) is 5.45. The number of carbonyl (C=O) groups excluding carboxylic acids is 2. The Labute approximate surface area is 74.5 Å². The molecule has 0 bridgehead atoms. The normalized spacial score (nSPS) is 12.5. The SMILES string of the molecule is NC(=O)CSC(=O)[C@@H](N)CS. The van der Waals surface area contributed by atoms with Gasteiger partial charge in [-0.25, -0.2) is 0 Å². The Morgan fingerprint density at radius 2 is 2.09 bits per heavy atom. The van der Waals surface area contributed by atoms with Gasteiger partial charge in [0.15, 0.2) is 0 Å². The number of primary amides is 1. The highest BCUT2D eigenvalue weighted by molar-refractivity contribution is 8.14. The molecule has 0 aliphatic heterocycles. The number of hydrogen-bond donors (Lipinski definition) is 3. The van der Waals surface area contributed by atoms with Gasteiger partial charge in [-0.05, 0) is 0 Å². The third-order valence-corrected chi connectivity index (χ3v) is 2.27. The molecule has 0 rings (SSSR count). The Morgan fingerprint density at radius 3 is 2.45 bits per heavy atom. The standard InChI is InChI=1S/C5H10N2O2S2/c6-3(1-10)5(9)11-2-4(7)8/h3,10H,1-2,6H2,(H2,7,8)/t3-/m0/s1. The number of amides is 1. The van der Waals surface area contributed by atoms with Crippen LogP contribution >= 0.6 is 24.4 Å². The van der Waals surface area contributed by atoms with E-state index in [1.165, 1.54) is 0 Å². The maximum Gasteiger partial charge on any atom is 0.227 e. The number of hydrogen-bond acceptors (Lipinski definition) is 5. The zero-order valence-electron chi connectivity index (χ0n) is 5.82. The molecule has 11 heavy (non-hydrogen) atoms. The first kappa shape index (κ1) is 10.8. The van der Waals surface area contributed by atoms with Crippen molar-refractivity contribution in [3.63, 3.8) is 0 Å². The molecule has 0 radical (unpaired) electrons. The molecule has 0 aromatic rings. The minimum absolute atomic E-state index is 0.0136. The van der Waals surface area contributed by atoms with Gasteiger partial charge in [0, 0.05) is 5.75 Å². The van der Waals surface area contributed by atoms with Crippen molar-refractivity contribution in [3.05, 3.63) is 0 Å². The van der Waals surface area contributed by atoms with Crippen LogP contribution in [0.2, 0.25) is 0 Å². The second-order valence-electron chi connectivity index (χ2n) is 1.86. The van der Waals surface area contributed by atoms with E-state index in [1.54, 1.807) is 0 Å². The van der Waals surface area contributed by atoms with Crippen LogP contribution in [0.4, 0.5) is 0 Å². The van der Waals surface area contributed by atoms with E-state index in [4.69, 9.17) is 11.5 Å². The molecule has 6 heteroatoms. The van der Waals surface area contributed by atoms with Gasteiger partial charge in [-0.15, -0.1) is 0 Å². The summed E-state index contributed by atoms with van der Waals surface area (Å²) >= 11 is 4.65. The van der Waals surface area contributed by atoms with E-state index in [9.17, 15) is 9.59 Å². The van der Waals surface area contributed by atoms with Crippen LogP contribution in [0.3, 0.4) is 0 Å². The van der Waals surface area contributed by atoms with Crippen molar-refractivity contribution in [1.29, 1.82) is 0 Å². The van der Waals surface area contributed by atoms with E-state index in [0.29, 0.717) is 0 Å². The van der Waals surface area contributed by atoms with Gasteiger partial charge >= 0.3 is 0 Å². The molecular weight excluding hydrogens is 184 g/mol. The fourth-order valence-corrected chi connectivity index (χ4v) is 1.20. The minimum atomic E-state index is -0.609. The van der Waals surface area contributed by atoms with E-state index in [-0.39, 0.29) is 16.6 Å². The fourth-order valence-electron chi connectivity index (χ4n) is 0.324. The molecule has 4 nitrogen and oxygen atoms in total. The van der Waals surface area contributed by atoms with Crippen molar-refractivity contribution in [3.8, 4) is 0 Å². The highest BCUT2D eigenvalue weighted by Gasteiger charge is 2.12. The molecule has 0 aromatic heterocycles. The Hall–Kier alpha value is -0.200. The van der Waals surface area contributed by atoms with E-state index < -0.39 is 11.9 Å². The van der Waals surface area contributed by atoms with Gasteiger partial charge < -0.3 is 11.5 Å². The summed E-state index contributed by atoms with van der Waals surface area (Å²) in [5.41, 5.74) is 10.1. The molecule has 0 unspecified atom stereocenters. The van der Waals surface area contributed by atoms with Crippen LogP contribution in [0.15, 0.2) is 0 Å². The van der Waals surface area contributed by atoms with Gasteiger partial charge in [-0.3, -0.25) is 9.59 Å². The fraction of sp³-hybridized carbons (Fsp3) is 0.600. The number of thiol groups is 1. The van der Waals surface area contributed by atoms with E-state index in [2.05, 4.69) is 12.6 Å². The lowest BCUT2D eigenvalue weighted by atomic mass is 10.4. The summed E-state index contributed by atoms with van der Waals surface area (Å²) in [6.07, 6.45) is 0. The van der Waals surface area contributed by atoms with Crippen molar-refractivity contribution < 1.29 is 9.59 Å². The van der Waals surface area contributed by atoms with Gasteiger partial charge in [0.1, 0.15) is 0 Å². The quantitative estimate of drug-likeness (QED) is 0.500. The lowest BCUT2D eigenvalue weighted by molar-refractivity contribution is -0.116. The highest BCUT2D eigenvalue weighted by Crippen LogP contribution is 2.04. The van der Waals surface area contributed by atoms with Gasteiger partial charge in [0.25, 0.3) is 0 Å². The number of carbonyl (C=O) groups is 2. The van der Waals surface area contributed by atoms with Crippen molar-refractivity contribution in [1.82, 2.24) is 0 Å². The first-order valence-corrected chi connectivity index (χ1v) is 4.51. The van der Waals surface area contributed by atoms with Crippen LogP contribution < -0.4 is 11.5 Å². The smallest absolute Gasteiger partial charge is 0.227 e. The first-order valence-electron chi connectivity index (χ1n) is 2.89. The predicted octanol–water partition coefficient (Wildman–Crippen LogP) is -1.01. The summed E-state index contributed by atoms with van der Waals surface area (Å²) in [6, 6.07) is -0.609. The average molecular weight is 194 g/mol. The third-order valence-electron chi connectivity index (χ3n) is 0.856. The molecule has 0 saturated carbocycles. The first-order chi connectivity index (χ1) is 5.07. The predicted molar refractivity (Wildman–Crippen MR) is 48.5 cm³/mol. The molecule has 0 spiro atoms. The molecule has 4 N–H and O–H groups in total. The Morgan fingerprint density at radius 1 is 1.55 bits per heavy atom. The van der Waals surface area contributed by atoms with Crippen LogP contribution in [0, 0.1) is 0 Å². The molecule has 1 atom stereocenters. The highest BCUT2D eigenvalue weighted by atomic mass is 32.2. The van der Waals surface area contributed by atoms with Crippen molar-refractivity contribution >= 4 is 35.4 Å². The number of rotatable bonds is 4. The van der Waals surface area contributed by atoms with Crippen molar-refractivity contribution in [2.75, 3.05) is 11.5 Å². The minimum Gasteiger partial charge on any atom is -0.369 e. The number of thioether (sulfide) groups is 1. The van der Waals surface area contributed by atoms with E-state index in [1.807, 2.05) is 0 Å². The summed E-state index contributed by atoms with van der Waals surface area (Å²) in [6.45, 7) is 0. The summed E-state index contributed by atoms with van der Waals surface area (Å²) in [7, 11) is 0. The van der Waals surface area contributed by atoms with Crippen LogP contribution in [0.25, 0.3) is 0 Å². The van der Waals surface area contributed by atoms with Gasteiger partial charge in [-0.2, -0.15) is 12.6 Å². The maximum atomic E-state index is 10.9. The lowest BCUT2D eigenvalue weighted by Crippen LogP contribution is -2.31. The Bertz CT molecular complexity index is 163. The summed E-state index contributed by atoms with van der Waals surface area (Å²) in [4.78, 5) is 21.1. The molecule has 1 amide bonds. The molecule has 0 saturated heterocycles. The molecular formula is C5H10N2O2S2.